The van der Waals surface area contributed by atoms with Gasteiger partial charge in [-0.1, -0.05) is 40.0 Å². The normalized spacial score (nSPS) is 10.7. The molecule has 0 aliphatic heterocycles. The number of hydrogen-bond donors (Lipinski definition) is 2. The second-order valence-electron chi connectivity index (χ2n) is 6.22. The Balaban J connectivity index is 2.37. The number of hydrogen-bond acceptors (Lipinski definition) is 3. The molecule has 1 aromatic rings. The molecule has 0 saturated heterocycles. The standard InChI is InChI=1S/C20H33N3O2/c1-4-7-8-9-10-19(24)22-18-13-11-17(12-14-18)20(25)21-15-16-23(5-2)6-3/h11-14H,4-10,15-16H2,1-3H3,(H,21,25)(H,22,24). The van der Waals surface area contributed by atoms with Gasteiger partial charge in [-0.15, -0.1) is 0 Å². The first-order valence-corrected chi connectivity index (χ1v) is 9.51. The third kappa shape index (κ3) is 8.68. The predicted octanol–water partition coefficient (Wildman–Crippen LogP) is 3.67. The summed E-state index contributed by atoms with van der Waals surface area (Å²) >= 11 is 0. The molecule has 0 aromatic heterocycles. The molecule has 2 N–H and O–H groups in total. The highest BCUT2D eigenvalue weighted by Crippen LogP contribution is 2.11. The van der Waals surface area contributed by atoms with Crippen LogP contribution in [0, 0.1) is 0 Å². The molecule has 0 fully saturated rings. The molecule has 5 heteroatoms. The van der Waals surface area contributed by atoms with Gasteiger partial charge < -0.3 is 15.5 Å². The lowest BCUT2D eigenvalue weighted by atomic mass is 10.1. The zero-order valence-electron chi connectivity index (χ0n) is 15.9. The average molecular weight is 348 g/mol. The molecule has 0 atom stereocenters. The van der Waals surface area contributed by atoms with Crippen LogP contribution in [0.1, 0.15) is 63.2 Å². The highest BCUT2D eigenvalue weighted by atomic mass is 16.2. The number of benzene rings is 1. The van der Waals surface area contributed by atoms with Crippen molar-refractivity contribution in [3.05, 3.63) is 29.8 Å². The van der Waals surface area contributed by atoms with Gasteiger partial charge in [0.25, 0.3) is 5.91 Å². The van der Waals surface area contributed by atoms with Crippen molar-refractivity contribution < 1.29 is 9.59 Å². The Morgan fingerprint density at radius 2 is 1.64 bits per heavy atom. The third-order valence-corrected chi connectivity index (χ3v) is 4.30. The zero-order valence-corrected chi connectivity index (χ0v) is 15.9. The summed E-state index contributed by atoms with van der Waals surface area (Å²) in [6.45, 7) is 9.84. The fraction of sp³-hybridized carbons (Fsp3) is 0.600. The lowest BCUT2D eigenvalue weighted by Gasteiger charge is -2.18. The predicted molar refractivity (Wildman–Crippen MR) is 104 cm³/mol. The molecule has 0 saturated carbocycles. The minimum absolute atomic E-state index is 0.0347. The maximum Gasteiger partial charge on any atom is 0.251 e. The van der Waals surface area contributed by atoms with Crippen molar-refractivity contribution >= 4 is 17.5 Å². The van der Waals surface area contributed by atoms with E-state index in [1.165, 1.54) is 12.8 Å². The van der Waals surface area contributed by atoms with Gasteiger partial charge in [-0.25, -0.2) is 0 Å². The van der Waals surface area contributed by atoms with E-state index < -0.39 is 0 Å². The van der Waals surface area contributed by atoms with Crippen LogP contribution in [-0.4, -0.2) is 42.9 Å². The second kappa shape index (κ2) is 12.5. The van der Waals surface area contributed by atoms with Gasteiger partial charge in [0, 0.05) is 30.8 Å². The van der Waals surface area contributed by atoms with Gasteiger partial charge in [0.15, 0.2) is 0 Å². The summed E-state index contributed by atoms with van der Waals surface area (Å²) in [6.07, 6.45) is 4.91. The second-order valence-corrected chi connectivity index (χ2v) is 6.22. The Morgan fingerprint density at radius 1 is 0.960 bits per heavy atom. The molecule has 140 valence electrons. The molecular formula is C20H33N3O2. The number of unbranched alkanes of at least 4 members (excludes halogenated alkanes) is 3. The maximum absolute atomic E-state index is 12.1. The molecule has 0 aliphatic rings. The summed E-state index contributed by atoms with van der Waals surface area (Å²) in [4.78, 5) is 26.2. The van der Waals surface area contributed by atoms with Gasteiger partial charge >= 0.3 is 0 Å². The van der Waals surface area contributed by atoms with Gasteiger partial charge in [0.1, 0.15) is 0 Å². The lowest BCUT2D eigenvalue weighted by molar-refractivity contribution is -0.116. The van der Waals surface area contributed by atoms with E-state index in [1.54, 1.807) is 24.3 Å². The van der Waals surface area contributed by atoms with Crippen LogP contribution in [0.5, 0.6) is 0 Å². The van der Waals surface area contributed by atoms with Crippen LogP contribution in [0.3, 0.4) is 0 Å². The molecular weight excluding hydrogens is 314 g/mol. The Labute approximate surface area is 152 Å². The molecule has 0 heterocycles. The third-order valence-electron chi connectivity index (χ3n) is 4.30. The largest absolute Gasteiger partial charge is 0.351 e. The van der Waals surface area contributed by atoms with E-state index in [1.807, 2.05) is 0 Å². The summed E-state index contributed by atoms with van der Waals surface area (Å²) in [5.41, 5.74) is 1.35. The maximum atomic E-state index is 12.1. The van der Waals surface area contributed by atoms with Crippen molar-refractivity contribution in [3.8, 4) is 0 Å². The molecule has 0 bridgehead atoms. The van der Waals surface area contributed by atoms with Crippen molar-refractivity contribution in [1.82, 2.24) is 10.2 Å². The van der Waals surface area contributed by atoms with E-state index in [-0.39, 0.29) is 11.8 Å². The van der Waals surface area contributed by atoms with Crippen LogP contribution in [0.25, 0.3) is 0 Å². The number of nitrogens with one attached hydrogen (secondary N) is 2. The number of carbonyl (C=O) groups is 2. The van der Waals surface area contributed by atoms with Crippen molar-refractivity contribution in [3.63, 3.8) is 0 Å². The van der Waals surface area contributed by atoms with Gasteiger partial charge in [0.2, 0.25) is 5.91 Å². The van der Waals surface area contributed by atoms with Crippen LogP contribution >= 0.6 is 0 Å². The molecule has 5 nitrogen and oxygen atoms in total. The lowest BCUT2D eigenvalue weighted by Crippen LogP contribution is -2.34. The fourth-order valence-corrected chi connectivity index (χ4v) is 2.61. The Bertz CT molecular complexity index is 510. The van der Waals surface area contributed by atoms with Crippen molar-refractivity contribution in [2.75, 3.05) is 31.5 Å². The average Bonchev–Trinajstić information content (AvgIpc) is 2.63. The molecule has 0 radical (unpaired) electrons. The van der Waals surface area contributed by atoms with E-state index in [2.05, 4.69) is 36.3 Å². The van der Waals surface area contributed by atoms with Gasteiger partial charge in [-0.2, -0.15) is 0 Å². The molecule has 0 spiro atoms. The van der Waals surface area contributed by atoms with E-state index in [9.17, 15) is 9.59 Å². The zero-order chi connectivity index (χ0) is 18.5. The molecule has 1 rings (SSSR count). The topological polar surface area (TPSA) is 61.4 Å². The monoisotopic (exact) mass is 347 g/mol. The van der Waals surface area contributed by atoms with Crippen LogP contribution in [0.2, 0.25) is 0 Å². The van der Waals surface area contributed by atoms with E-state index >= 15 is 0 Å². The summed E-state index contributed by atoms with van der Waals surface area (Å²) in [6, 6.07) is 7.06. The van der Waals surface area contributed by atoms with E-state index in [0.29, 0.717) is 18.5 Å². The first-order valence-electron chi connectivity index (χ1n) is 9.51. The van der Waals surface area contributed by atoms with Crippen molar-refractivity contribution in [2.24, 2.45) is 0 Å². The van der Waals surface area contributed by atoms with Gasteiger partial charge in [-0.3, -0.25) is 9.59 Å². The van der Waals surface area contributed by atoms with Gasteiger partial charge in [0.05, 0.1) is 0 Å². The summed E-state index contributed by atoms with van der Waals surface area (Å²) in [5.74, 6) is -0.0443. The molecule has 0 unspecified atom stereocenters. The number of carbonyl (C=O) groups excluding carboxylic acids is 2. The number of anilines is 1. The van der Waals surface area contributed by atoms with Crippen molar-refractivity contribution in [2.45, 2.75) is 52.9 Å². The highest BCUT2D eigenvalue weighted by molar-refractivity contribution is 5.95. The quantitative estimate of drug-likeness (QED) is 0.567. The van der Waals surface area contributed by atoms with E-state index in [0.717, 1.165) is 38.2 Å². The number of nitrogens with zero attached hydrogens (tertiary/aromatic N) is 1. The van der Waals surface area contributed by atoms with Crippen molar-refractivity contribution in [1.29, 1.82) is 0 Å². The number of likely N-dealkylation sites (N-methyl/N-ethyl adjacent to an activating group) is 1. The SMILES string of the molecule is CCCCCCC(=O)Nc1ccc(C(=O)NCCN(CC)CC)cc1. The Morgan fingerprint density at radius 3 is 2.24 bits per heavy atom. The first kappa shape index (κ1) is 21.2. The number of amides is 2. The Hall–Kier alpha value is -1.88. The first-order chi connectivity index (χ1) is 12.1. The summed E-state index contributed by atoms with van der Waals surface area (Å²) < 4.78 is 0. The van der Waals surface area contributed by atoms with E-state index in [4.69, 9.17) is 0 Å². The molecule has 1 aromatic carbocycles. The van der Waals surface area contributed by atoms with Crippen LogP contribution in [0.4, 0.5) is 5.69 Å². The Kier molecular flexibility index (Phi) is 10.6. The van der Waals surface area contributed by atoms with Gasteiger partial charge in [-0.05, 0) is 43.8 Å². The minimum atomic E-state index is -0.0791. The molecule has 0 aliphatic carbocycles. The minimum Gasteiger partial charge on any atom is -0.351 e. The fourth-order valence-electron chi connectivity index (χ4n) is 2.61. The smallest absolute Gasteiger partial charge is 0.251 e. The summed E-state index contributed by atoms with van der Waals surface area (Å²) in [7, 11) is 0. The van der Waals surface area contributed by atoms with Crippen LogP contribution in [0.15, 0.2) is 24.3 Å². The molecule has 25 heavy (non-hydrogen) atoms. The highest BCUT2D eigenvalue weighted by Gasteiger charge is 2.07. The number of rotatable bonds is 12. The van der Waals surface area contributed by atoms with Crippen LogP contribution in [-0.2, 0) is 4.79 Å². The van der Waals surface area contributed by atoms with Crippen LogP contribution < -0.4 is 10.6 Å². The molecule has 2 amide bonds. The summed E-state index contributed by atoms with van der Waals surface area (Å²) in [5, 5.41) is 5.81.